The number of hydrogen-bond donors (Lipinski definition) is 2. The average Bonchev–Trinajstić information content (AvgIpc) is 2.74. The number of carbonyl (C=O) groups is 1. The summed E-state index contributed by atoms with van der Waals surface area (Å²) in [6, 6.07) is 2.89. The van der Waals surface area contributed by atoms with Crippen molar-refractivity contribution in [1.82, 2.24) is 0 Å². The molecule has 4 nitrogen and oxygen atoms in total. The number of nitrogens with one attached hydrogen (secondary N) is 1. The molecule has 1 aliphatic heterocycles. The van der Waals surface area contributed by atoms with E-state index >= 15 is 0 Å². The van der Waals surface area contributed by atoms with E-state index in [9.17, 15) is 9.90 Å². The molecule has 2 rings (SSSR count). The Bertz CT molecular complexity index is 461. The summed E-state index contributed by atoms with van der Waals surface area (Å²) in [7, 11) is 0. The fourth-order valence-corrected chi connectivity index (χ4v) is 2.35. The van der Waals surface area contributed by atoms with Gasteiger partial charge in [0.1, 0.15) is 5.60 Å². The third-order valence-corrected chi connectivity index (χ3v) is 3.55. The summed E-state index contributed by atoms with van der Waals surface area (Å²) < 4.78 is 5.43. The van der Waals surface area contributed by atoms with Crippen molar-refractivity contribution >= 4 is 34.8 Å². The Morgan fingerprint density at radius 3 is 2.56 bits per heavy atom. The van der Waals surface area contributed by atoms with E-state index < -0.39 is 5.60 Å². The summed E-state index contributed by atoms with van der Waals surface area (Å²) in [6.07, 6.45) is 1.54. The highest BCUT2D eigenvalue weighted by Crippen LogP contribution is 2.35. The molecular formula is C12H13Cl2NO3. The molecule has 98 valence electrons. The zero-order valence-electron chi connectivity index (χ0n) is 9.80. The first-order valence-electron chi connectivity index (χ1n) is 5.56. The highest BCUT2D eigenvalue weighted by Gasteiger charge is 2.37. The molecule has 1 aliphatic rings. The Morgan fingerprint density at radius 1 is 1.44 bits per heavy atom. The van der Waals surface area contributed by atoms with Crippen molar-refractivity contribution in [2.24, 2.45) is 0 Å². The molecule has 0 aromatic heterocycles. The van der Waals surface area contributed by atoms with Crippen molar-refractivity contribution in [3.8, 4) is 5.75 Å². The molecule has 1 unspecified atom stereocenters. The van der Waals surface area contributed by atoms with Gasteiger partial charge in [0.05, 0.1) is 10.0 Å². The van der Waals surface area contributed by atoms with E-state index in [-0.39, 0.29) is 21.7 Å². The predicted octanol–water partition coefficient (Wildman–Crippen LogP) is 3.21. The van der Waals surface area contributed by atoms with Gasteiger partial charge in [0.2, 0.25) is 0 Å². The number of anilines is 1. The second-order valence-corrected chi connectivity index (χ2v) is 5.24. The van der Waals surface area contributed by atoms with E-state index in [0.29, 0.717) is 18.7 Å². The van der Waals surface area contributed by atoms with Gasteiger partial charge in [-0.15, -0.1) is 0 Å². The minimum atomic E-state index is -0.809. The Labute approximate surface area is 115 Å². The van der Waals surface area contributed by atoms with Crippen molar-refractivity contribution < 1.29 is 14.6 Å². The lowest BCUT2D eigenvalue weighted by Gasteiger charge is -2.22. The topological polar surface area (TPSA) is 58.6 Å². The smallest absolute Gasteiger partial charge is 0.256 e. The normalized spacial score (nSPS) is 23.1. The van der Waals surface area contributed by atoms with Crippen LogP contribution < -0.4 is 5.32 Å². The van der Waals surface area contributed by atoms with Crippen LogP contribution >= 0.6 is 23.2 Å². The number of rotatable bonds is 2. The highest BCUT2D eigenvalue weighted by atomic mass is 35.5. The summed E-state index contributed by atoms with van der Waals surface area (Å²) in [5.41, 5.74) is -0.374. The molecule has 1 amide bonds. The van der Waals surface area contributed by atoms with E-state index in [1.807, 2.05) is 0 Å². The number of phenolic OH excluding ortho intramolecular Hbond substituents is 1. The molecule has 2 N–H and O–H groups in total. The number of benzene rings is 1. The van der Waals surface area contributed by atoms with Crippen molar-refractivity contribution in [3.63, 3.8) is 0 Å². The first kappa shape index (κ1) is 13.5. The first-order chi connectivity index (χ1) is 8.42. The maximum atomic E-state index is 12.1. The molecule has 6 heteroatoms. The average molecular weight is 290 g/mol. The van der Waals surface area contributed by atoms with Crippen LogP contribution in [0, 0.1) is 0 Å². The number of amides is 1. The summed E-state index contributed by atoms with van der Waals surface area (Å²) in [6.45, 7) is 2.33. The highest BCUT2D eigenvalue weighted by molar-refractivity contribution is 6.37. The molecule has 0 bridgehead atoms. The van der Waals surface area contributed by atoms with Gasteiger partial charge in [0.15, 0.2) is 5.75 Å². The second kappa shape index (κ2) is 4.96. The van der Waals surface area contributed by atoms with Gasteiger partial charge in [-0.1, -0.05) is 23.2 Å². The van der Waals surface area contributed by atoms with E-state index in [2.05, 4.69) is 5.32 Å². The van der Waals surface area contributed by atoms with Crippen LogP contribution in [-0.4, -0.2) is 23.2 Å². The minimum absolute atomic E-state index is 0.0929. The lowest BCUT2D eigenvalue weighted by Crippen LogP contribution is -2.39. The Hall–Kier alpha value is -0.970. The van der Waals surface area contributed by atoms with E-state index in [1.54, 1.807) is 6.92 Å². The third-order valence-electron chi connectivity index (χ3n) is 2.97. The van der Waals surface area contributed by atoms with Crippen LogP contribution in [0.4, 0.5) is 5.69 Å². The molecule has 1 heterocycles. The van der Waals surface area contributed by atoms with Crippen LogP contribution in [0.3, 0.4) is 0 Å². The standard InChI is InChI=1S/C12H13Cl2NO3/c1-12(3-2-4-18-12)11(17)15-7-5-8(13)10(16)9(14)6-7/h5-6,16H,2-4H2,1H3,(H,15,17). The Kier molecular flexibility index (Phi) is 3.71. The van der Waals surface area contributed by atoms with Crippen LogP contribution in [0.2, 0.25) is 10.0 Å². The second-order valence-electron chi connectivity index (χ2n) is 4.43. The Morgan fingerprint density at radius 2 is 2.06 bits per heavy atom. The Balaban J connectivity index is 2.17. The molecule has 1 aromatic carbocycles. The molecule has 1 saturated heterocycles. The number of phenols is 1. The zero-order chi connectivity index (χ0) is 13.3. The van der Waals surface area contributed by atoms with E-state index in [4.69, 9.17) is 27.9 Å². The third kappa shape index (κ3) is 2.55. The van der Waals surface area contributed by atoms with Gasteiger partial charge >= 0.3 is 0 Å². The summed E-state index contributed by atoms with van der Waals surface area (Å²) in [5.74, 6) is -0.433. The summed E-state index contributed by atoms with van der Waals surface area (Å²) in [4.78, 5) is 12.1. The fraction of sp³-hybridized carbons (Fsp3) is 0.417. The van der Waals surface area contributed by atoms with Crippen molar-refractivity contribution in [1.29, 1.82) is 0 Å². The summed E-state index contributed by atoms with van der Waals surface area (Å²) >= 11 is 11.6. The van der Waals surface area contributed by atoms with Crippen LogP contribution in [0.25, 0.3) is 0 Å². The molecular weight excluding hydrogens is 277 g/mol. The van der Waals surface area contributed by atoms with Crippen molar-refractivity contribution in [3.05, 3.63) is 22.2 Å². The molecule has 0 spiro atoms. The maximum absolute atomic E-state index is 12.1. The molecule has 18 heavy (non-hydrogen) atoms. The summed E-state index contributed by atoms with van der Waals surface area (Å²) in [5, 5.41) is 12.3. The van der Waals surface area contributed by atoms with E-state index in [0.717, 1.165) is 6.42 Å². The minimum Gasteiger partial charge on any atom is -0.505 e. The number of aromatic hydroxyl groups is 1. The van der Waals surface area contributed by atoms with Crippen molar-refractivity contribution in [2.75, 3.05) is 11.9 Å². The maximum Gasteiger partial charge on any atom is 0.256 e. The lowest BCUT2D eigenvalue weighted by molar-refractivity contribution is -0.133. The monoisotopic (exact) mass is 289 g/mol. The molecule has 1 atom stereocenters. The van der Waals surface area contributed by atoms with Crippen LogP contribution in [0.1, 0.15) is 19.8 Å². The van der Waals surface area contributed by atoms with Gasteiger partial charge in [-0.2, -0.15) is 0 Å². The lowest BCUT2D eigenvalue weighted by atomic mass is 10.0. The van der Waals surface area contributed by atoms with Gasteiger partial charge in [-0.25, -0.2) is 0 Å². The molecule has 1 fully saturated rings. The number of carbonyl (C=O) groups excluding carboxylic acids is 1. The van der Waals surface area contributed by atoms with Gasteiger partial charge in [0.25, 0.3) is 5.91 Å². The van der Waals surface area contributed by atoms with E-state index in [1.165, 1.54) is 12.1 Å². The van der Waals surface area contributed by atoms with Gasteiger partial charge in [-0.3, -0.25) is 4.79 Å². The zero-order valence-corrected chi connectivity index (χ0v) is 11.3. The SMILES string of the molecule is CC1(C(=O)Nc2cc(Cl)c(O)c(Cl)c2)CCCO1. The van der Waals surface area contributed by atoms with Gasteiger partial charge in [-0.05, 0) is 31.9 Å². The van der Waals surface area contributed by atoms with Crippen LogP contribution in [0.5, 0.6) is 5.75 Å². The van der Waals surface area contributed by atoms with Crippen molar-refractivity contribution in [2.45, 2.75) is 25.4 Å². The molecule has 1 aromatic rings. The van der Waals surface area contributed by atoms with Crippen LogP contribution in [0.15, 0.2) is 12.1 Å². The number of halogens is 2. The molecule has 0 saturated carbocycles. The number of hydrogen-bond acceptors (Lipinski definition) is 3. The quantitative estimate of drug-likeness (QED) is 0.822. The van der Waals surface area contributed by atoms with Gasteiger partial charge in [0, 0.05) is 12.3 Å². The molecule has 0 radical (unpaired) electrons. The fourth-order valence-electron chi connectivity index (χ4n) is 1.86. The van der Waals surface area contributed by atoms with Gasteiger partial charge < -0.3 is 15.2 Å². The first-order valence-corrected chi connectivity index (χ1v) is 6.31. The number of ether oxygens (including phenoxy) is 1. The predicted molar refractivity (Wildman–Crippen MR) is 70.3 cm³/mol. The molecule has 0 aliphatic carbocycles. The largest absolute Gasteiger partial charge is 0.505 e. The van der Waals surface area contributed by atoms with Crippen LogP contribution in [-0.2, 0) is 9.53 Å².